The Kier molecular flexibility index (Phi) is 4.92. The first kappa shape index (κ1) is 17.0. The number of carbonyl (C=O) groups is 1. The lowest BCUT2D eigenvalue weighted by Crippen LogP contribution is -2.46. The van der Waals surface area contributed by atoms with Gasteiger partial charge in [-0.2, -0.15) is 4.31 Å². The van der Waals surface area contributed by atoms with Crippen LogP contribution in [0.25, 0.3) is 0 Å². The van der Waals surface area contributed by atoms with Gasteiger partial charge in [0.15, 0.2) is 0 Å². The Bertz CT molecular complexity index is 660. The van der Waals surface area contributed by atoms with Crippen molar-refractivity contribution in [1.29, 1.82) is 0 Å². The van der Waals surface area contributed by atoms with Gasteiger partial charge in [0.05, 0.1) is 4.90 Å². The van der Waals surface area contributed by atoms with Crippen LogP contribution in [0.15, 0.2) is 17.0 Å². The molecule has 0 spiro atoms. The predicted octanol–water partition coefficient (Wildman–Crippen LogP) is 1.90. The number of sulfonamides is 1. The van der Waals surface area contributed by atoms with Gasteiger partial charge in [-0.25, -0.2) is 8.42 Å². The van der Waals surface area contributed by atoms with Crippen LogP contribution in [0.5, 0.6) is 0 Å². The van der Waals surface area contributed by atoms with E-state index >= 15 is 0 Å². The second-order valence-corrected chi connectivity index (χ2v) is 7.72. The van der Waals surface area contributed by atoms with Crippen LogP contribution < -0.4 is 5.32 Å². The van der Waals surface area contributed by atoms with Gasteiger partial charge in [-0.3, -0.25) is 4.79 Å². The summed E-state index contributed by atoms with van der Waals surface area (Å²) in [6, 6.07) is 3.15. The Balaban J connectivity index is 2.44. The van der Waals surface area contributed by atoms with E-state index in [1.807, 2.05) is 39.8 Å². The zero-order chi connectivity index (χ0) is 16.5. The van der Waals surface area contributed by atoms with Gasteiger partial charge in [-0.15, -0.1) is 0 Å². The maximum atomic E-state index is 13.1. The van der Waals surface area contributed by atoms with Gasteiger partial charge in [-0.05, 0) is 51.7 Å². The number of nitrogens with one attached hydrogen (secondary N) is 1. The summed E-state index contributed by atoms with van der Waals surface area (Å²) >= 11 is 0. The van der Waals surface area contributed by atoms with Crippen LogP contribution >= 0.6 is 0 Å². The molecule has 0 bridgehead atoms. The second-order valence-electron chi connectivity index (χ2n) is 5.90. The predicted molar refractivity (Wildman–Crippen MR) is 86.3 cm³/mol. The third-order valence-corrected chi connectivity index (χ3v) is 6.24. The molecule has 1 amide bonds. The minimum Gasteiger partial charge on any atom is -0.355 e. The average molecular weight is 324 g/mol. The second kappa shape index (κ2) is 6.38. The maximum absolute atomic E-state index is 13.1. The van der Waals surface area contributed by atoms with Crippen molar-refractivity contribution in [3.63, 3.8) is 0 Å². The van der Waals surface area contributed by atoms with E-state index in [4.69, 9.17) is 0 Å². The monoisotopic (exact) mass is 324 g/mol. The number of rotatable bonds is 4. The molecular weight excluding hydrogens is 300 g/mol. The van der Waals surface area contributed by atoms with Crippen LogP contribution in [0.2, 0.25) is 0 Å². The fraction of sp³-hybridized carbons (Fsp3) is 0.562. The molecule has 1 aromatic carbocycles. The molecule has 1 fully saturated rings. The molecule has 1 aliphatic heterocycles. The fourth-order valence-corrected chi connectivity index (χ4v) is 5.34. The van der Waals surface area contributed by atoms with Crippen molar-refractivity contribution in [3.8, 4) is 0 Å². The molecule has 0 aliphatic carbocycles. The molecule has 1 heterocycles. The van der Waals surface area contributed by atoms with Crippen molar-refractivity contribution in [2.75, 3.05) is 13.1 Å². The Morgan fingerprint density at radius 3 is 2.41 bits per heavy atom. The summed E-state index contributed by atoms with van der Waals surface area (Å²) in [7, 11) is -3.66. The Labute approximate surface area is 132 Å². The quantitative estimate of drug-likeness (QED) is 0.920. The average Bonchev–Trinajstić information content (AvgIpc) is 2.87. The zero-order valence-electron chi connectivity index (χ0n) is 13.6. The molecule has 1 atom stereocenters. The van der Waals surface area contributed by atoms with Crippen molar-refractivity contribution in [3.05, 3.63) is 28.8 Å². The van der Waals surface area contributed by atoms with Gasteiger partial charge >= 0.3 is 0 Å². The lowest BCUT2D eigenvalue weighted by atomic mass is 10.1. The van der Waals surface area contributed by atoms with Crippen LogP contribution in [0.4, 0.5) is 0 Å². The number of benzene rings is 1. The van der Waals surface area contributed by atoms with Crippen LogP contribution in [-0.2, 0) is 14.8 Å². The minimum atomic E-state index is -3.66. The highest BCUT2D eigenvalue weighted by Gasteiger charge is 2.40. The number of hydrogen-bond acceptors (Lipinski definition) is 3. The van der Waals surface area contributed by atoms with E-state index in [1.54, 1.807) is 0 Å². The van der Waals surface area contributed by atoms with Gasteiger partial charge in [0, 0.05) is 13.1 Å². The van der Waals surface area contributed by atoms with Gasteiger partial charge in [0.2, 0.25) is 15.9 Å². The summed E-state index contributed by atoms with van der Waals surface area (Å²) in [5.74, 6) is -0.203. The van der Waals surface area contributed by atoms with Gasteiger partial charge in [-0.1, -0.05) is 17.7 Å². The Hall–Kier alpha value is -1.40. The first-order valence-electron chi connectivity index (χ1n) is 7.66. The molecule has 122 valence electrons. The molecule has 1 saturated heterocycles. The van der Waals surface area contributed by atoms with Crippen molar-refractivity contribution in [2.24, 2.45) is 0 Å². The van der Waals surface area contributed by atoms with E-state index in [0.29, 0.717) is 30.8 Å². The third-order valence-electron chi connectivity index (χ3n) is 4.03. The molecule has 1 unspecified atom stereocenters. The highest BCUT2D eigenvalue weighted by molar-refractivity contribution is 7.89. The van der Waals surface area contributed by atoms with E-state index in [1.165, 1.54) is 4.31 Å². The van der Waals surface area contributed by atoms with Crippen molar-refractivity contribution < 1.29 is 13.2 Å². The van der Waals surface area contributed by atoms with Crippen molar-refractivity contribution >= 4 is 15.9 Å². The molecule has 5 nitrogen and oxygen atoms in total. The number of nitrogens with zero attached hydrogens (tertiary/aromatic N) is 1. The first-order valence-corrected chi connectivity index (χ1v) is 9.10. The number of aryl methyl sites for hydroxylation is 3. The summed E-state index contributed by atoms with van der Waals surface area (Å²) in [5, 5.41) is 2.73. The van der Waals surface area contributed by atoms with Gasteiger partial charge in [0.1, 0.15) is 6.04 Å². The molecular formula is C16H24N2O3S. The SMILES string of the molecule is CCNC(=O)C1CCCN1S(=O)(=O)c1c(C)cc(C)cc1C. The van der Waals surface area contributed by atoms with Gasteiger partial charge < -0.3 is 5.32 Å². The number of carbonyl (C=O) groups excluding carboxylic acids is 1. The molecule has 1 aliphatic rings. The topological polar surface area (TPSA) is 66.5 Å². The van der Waals surface area contributed by atoms with Crippen molar-refractivity contribution in [1.82, 2.24) is 9.62 Å². The summed E-state index contributed by atoms with van der Waals surface area (Å²) in [6.07, 6.45) is 1.29. The highest BCUT2D eigenvalue weighted by atomic mass is 32.2. The summed E-state index contributed by atoms with van der Waals surface area (Å²) in [4.78, 5) is 12.5. The molecule has 1 aromatic rings. The standard InChI is InChI=1S/C16H24N2O3S/c1-5-17-16(19)14-7-6-8-18(14)22(20,21)15-12(3)9-11(2)10-13(15)4/h9-10,14H,5-8H2,1-4H3,(H,17,19). The molecule has 0 radical (unpaired) electrons. The number of amides is 1. The van der Waals surface area contributed by atoms with E-state index in [-0.39, 0.29) is 5.91 Å². The Morgan fingerprint density at radius 1 is 1.27 bits per heavy atom. The van der Waals surface area contributed by atoms with Gasteiger partial charge in [0.25, 0.3) is 0 Å². The van der Waals surface area contributed by atoms with E-state index < -0.39 is 16.1 Å². The van der Waals surface area contributed by atoms with Crippen LogP contribution in [-0.4, -0.2) is 37.8 Å². The third kappa shape index (κ3) is 3.03. The Morgan fingerprint density at radius 2 is 1.86 bits per heavy atom. The van der Waals surface area contributed by atoms with Crippen molar-refractivity contribution in [2.45, 2.75) is 51.5 Å². The fourth-order valence-electron chi connectivity index (χ4n) is 3.27. The molecule has 0 saturated carbocycles. The lowest BCUT2D eigenvalue weighted by molar-refractivity contribution is -0.124. The lowest BCUT2D eigenvalue weighted by Gasteiger charge is -2.25. The van der Waals surface area contributed by atoms with Crippen LogP contribution in [0.1, 0.15) is 36.5 Å². The zero-order valence-corrected chi connectivity index (χ0v) is 14.5. The minimum absolute atomic E-state index is 0.203. The number of hydrogen-bond donors (Lipinski definition) is 1. The summed E-state index contributed by atoms with van der Waals surface area (Å²) in [5.41, 5.74) is 2.51. The smallest absolute Gasteiger partial charge is 0.244 e. The van der Waals surface area contributed by atoms with E-state index in [9.17, 15) is 13.2 Å². The maximum Gasteiger partial charge on any atom is 0.244 e. The van der Waals surface area contributed by atoms with E-state index in [0.717, 1.165) is 16.7 Å². The van der Waals surface area contributed by atoms with Crippen LogP contribution in [0, 0.1) is 20.8 Å². The van der Waals surface area contributed by atoms with E-state index in [2.05, 4.69) is 5.32 Å². The molecule has 0 aromatic heterocycles. The summed E-state index contributed by atoms with van der Waals surface area (Å²) < 4.78 is 27.5. The summed E-state index contributed by atoms with van der Waals surface area (Å²) in [6.45, 7) is 8.31. The largest absolute Gasteiger partial charge is 0.355 e. The highest BCUT2D eigenvalue weighted by Crippen LogP contribution is 2.30. The normalized spacial score (nSPS) is 19.4. The first-order chi connectivity index (χ1) is 10.3. The molecule has 22 heavy (non-hydrogen) atoms. The van der Waals surface area contributed by atoms with Crippen LogP contribution in [0.3, 0.4) is 0 Å². The molecule has 2 rings (SSSR count). The molecule has 6 heteroatoms. The number of likely N-dealkylation sites (N-methyl/N-ethyl adjacent to an activating group) is 1. The molecule has 1 N–H and O–H groups in total.